The third-order valence-electron chi connectivity index (χ3n) is 4.25. The smallest absolute Gasteiger partial charge is 0.248 e. The maximum absolute atomic E-state index is 12.9. The Hall–Kier alpha value is -1.86. The van der Waals surface area contributed by atoms with Crippen molar-refractivity contribution in [1.29, 1.82) is 0 Å². The number of sulfonamides is 1. The summed E-state index contributed by atoms with van der Waals surface area (Å²) in [6.07, 6.45) is 1.89. The minimum atomic E-state index is -3.59. The molecule has 1 aliphatic heterocycles. The third-order valence-corrected chi connectivity index (χ3v) is 5.89. The molecule has 1 aliphatic rings. The van der Waals surface area contributed by atoms with Gasteiger partial charge in [-0.25, -0.2) is 8.42 Å². The van der Waals surface area contributed by atoms with Gasteiger partial charge in [0.05, 0.1) is 11.9 Å². The number of rotatable bonds is 4. The number of carbonyl (C=O) groups excluding carboxylic acids is 1. The molecule has 0 saturated heterocycles. The molecule has 0 spiro atoms. The van der Waals surface area contributed by atoms with Gasteiger partial charge >= 0.3 is 0 Å². The monoisotopic (exact) mass is 422 g/mol. The van der Waals surface area contributed by atoms with Crippen LogP contribution in [0.15, 0.2) is 53.0 Å². The highest BCUT2D eigenvalue weighted by Crippen LogP contribution is 2.32. The number of halogens is 1. The Morgan fingerprint density at radius 2 is 1.96 bits per heavy atom. The fraction of sp³-hybridized carbons (Fsp3) is 0.278. The van der Waals surface area contributed by atoms with E-state index >= 15 is 0 Å². The van der Waals surface area contributed by atoms with Gasteiger partial charge in [-0.3, -0.25) is 9.10 Å². The molecule has 0 aromatic heterocycles. The van der Waals surface area contributed by atoms with E-state index in [-0.39, 0.29) is 18.5 Å². The van der Waals surface area contributed by atoms with Crippen molar-refractivity contribution < 1.29 is 13.2 Å². The molecule has 0 aliphatic carbocycles. The first-order chi connectivity index (χ1) is 11.8. The van der Waals surface area contributed by atoms with Crippen molar-refractivity contribution in [1.82, 2.24) is 0 Å². The van der Waals surface area contributed by atoms with Gasteiger partial charge in [0.25, 0.3) is 0 Å². The highest BCUT2D eigenvalue weighted by molar-refractivity contribution is 9.10. The Balaban J connectivity index is 1.92. The lowest BCUT2D eigenvalue weighted by Gasteiger charge is -2.28. The molecule has 7 heteroatoms. The van der Waals surface area contributed by atoms with Crippen LogP contribution in [0.2, 0.25) is 0 Å². The molecule has 25 heavy (non-hydrogen) atoms. The van der Waals surface area contributed by atoms with E-state index in [9.17, 15) is 13.2 Å². The molecule has 3 rings (SSSR count). The second kappa shape index (κ2) is 6.80. The van der Waals surface area contributed by atoms with Gasteiger partial charge in [0.15, 0.2) is 0 Å². The average Bonchev–Trinajstić information content (AvgIpc) is 2.87. The molecule has 2 aromatic rings. The molecule has 1 amide bonds. The van der Waals surface area contributed by atoms with Crippen LogP contribution in [0.1, 0.15) is 12.5 Å². The fourth-order valence-corrected chi connectivity index (χ4v) is 4.40. The average molecular weight is 423 g/mol. The maximum atomic E-state index is 12.9. The lowest BCUT2D eigenvalue weighted by atomic mass is 10.1. The summed E-state index contributed by atoms with van der Waals surface area (Å²) in [7, 11) is -3.59. The molecule has 1 heterocycles. The minimum Gasteiger partial charge on any atom is -0.307 e. The molecular formula is C18H19BrN2O3S. The van der Waals surface area contributed by atoms with Gasteiger partial charge in [-0.2, -0.15) is 0 Å². The topological polar surface area (TPSA) is 57.7 Å². The summed E-state index contributed by atoms with van der Waals surface area (Å²) in [5, 5.41) is 0. The summed E-state index contributed by atoms with van der Waals surface area (Å²) < 4.78 is 26.4. The van der Waals surface area contributed by atoms with E-state index in [1.54, 1.807) is 23.1 Å². The summed E-state index contributed by atoms with van der Waals surface area (Å²) >= 11 is 3.34. The van der Waals surface area contributed by atoms with Crippen LogP contribution in [-0.4, -0.2) is 33.2 Å². The zero-order valence-electron chi connectivity index (χ0n) is 14.0. The number of amides is 1. The molecule has 2 aromatic carbocycles. The number of hydrogen-bond acceptors (Lipinski definition) is 3. The number of nitrogens with zero attached hydrogens (tertiary/aromatic N) is 2. The van der Waals surface area contributed by atoms with E-state index in [0.29, 0.717) is 5.69 Å². The summed E-state index contributed by atoms with van der Waals surface area (Å²) in [5.74, 6) is -0.233. The molecule has 132 valence electrons. The van der Waals surface area contributed by atoms with Crippen LogP contribution in [0.4, 0.5) is 11.4 Å². The summed E-state index contributed by atoms with van der Waals surface area (Å²) in [6.45, 7) is 1.75. The van der Waals surface area contributed by atoms with Gasteiger partial charge in [-0.15, -0.1) is 0 Å². The van der Waals surface area contributed by atoms with Gasteiger partial charge in [0.1, 0.15) is 6.54 Å². The van der Waals surface area contributed by atoms with Crippen LogP contribution in [0.5, 0.6) is 0 Å². The van der Waals surface area contributed by atoms with E-state index in [1.807, 2.05) is 37.3 Å². The number of hydrogen-bond donors (Lipinski definition) is 0. The second-order valence-electron chi connectivity index (χ2n) is 6.20. The van der Waals surface area contributed by atoms with Crippen molar-refractivity contribution in [3.8, 4) is 0 Å². The van der Waals surface area contributed by atoms with Crippen molar-refractivity contribution >= 4 is 43.2 Å². The predicted octanol–water partition coefficient (Wildman–Crippen LogP) is 3.19. The molecule has 1 atom stereocenters. The first-order valence-electron chi connectivity index (χ1n) is 7.90. The number of benzene rings is 2. The lowest BCUT2D eigenvalue weighted by molar-refractivity contribution is -0.117. The molecule has 5 nitrogen and oxygen atoms in total. The molecular weight excluding hydrogens is 404 g/mol. The van der Waals surface area contributed by atoms with Crippen LogP contribution in [0.25, 0.3) is 0 Å². The van der Waals surface area contributed by atoms with E-state index in [2.05, 4.69) is 15.9 Å². The second-order valence-corrected chi connectivity index (χ2v) is 9.02. The van der Waals surface area contributed by atoms with E-state index in [0.717, 1.165) is 32.7 Å². The maximum Gasteiger partial charge on any atom is 0.248 e. The quantitative estimate of drug-likeness (QED) is 0.759. The first-order valence-corrected chi connectivity index (χ1v) is 10.5. The van der Waals surface area contributed by atoms with Gasteiger partial charge < -0.3 is 4.90 Å². The number of para-hydroxylation sites is 1. The zero-order chi connectivity index (χ0) is 18.2. The highest BCUT2D eigenvalue weighted by Gasteiger charge is 2.33. The Morgan fingerprint density at radius 1 is 1.24 bits per heavy atom. The molecule has 0 fully saturated rings. The van der Waals surface area contributed by atoms with Crippen LogP contribution in [0.3, 0.4) is 0 Å². The van der Waals surface area contributed by atoms with E-state index < -0.39 is 10.0 Å². The zero-order valence-corrected chi connectivity index (χ0v) is 16.4. The van der Waals surface area contributed by atoms with Crippen LogP contribution in [0, 0.1) is 0 Å². The van der Waals surface area contributed by atoms with Crippen molar-refractivity contribution in [2.45, 2.75) is 19.4 Å². The van der Waals surface area contributed by atoms with Gasteiger partial charge in [0.2, 0.25) is 15.9 Å². The standard InChI is InChI=1S/C18H19BrN2O3S/c1-13-10-14-6-3-4-9-17(14)21(13)18(22)12-20(25(2,23)24)16-8-5-7-15(19)11-16/h3-9,11,13H,10,12H2,1-2H3. The highest BCUT2D eigenvalue weighted by atomic mass is 79.9. The SMILES string of the molecule is CC1Cc2ccccc2N1C(=O)CN(c1cccc(Br)c1)S(C)(=O)=O. The third kappa shape index (κ3) is 3.72. The van der Waals surface area contributed by atoms with Gasteiger partial charge in [0, 0.05) is 16.2 Å². The lowest BCUT2D eigenvalue weighted by Crippen LogP contribution is -2.45. The fourth-order valence-electron chi connectivity index (χ4n) is 3.18. The number of carbonyl (C=O) groups is 1. The van der Waals surface area contributed by atoms with Crippen LogP contribution in [-0.2, 0) is 21.2 Å². The normalized spacial score (nSPS) is 16.6. The van der Waals surface area contributed by atoms with Crippen LogP contribution >= 0.6 is 15.9 Å². The van der Waals surface area contributed by atoms with Gasteiger partial charge in [-0.05, 0) is 43.2 Å². The van der Waals surface area contributed by atoms with Crippen molar-refractivity contribution in [2.75, 3.05) is 22.0 Å². The van der Waals surface area contributed by atoms with E-state index in [1.165, 1.54) is 0 Å². The minimum absolute atomic E-state index is 0.00817. The largest absolute Gasteiger partial charge is 0.307 e. The summed E-state index contributed by atoms with van der Waals surface area (Å²) in [4.78, 5) is 14.6. The molecule has 0 saturated carbocycles. The van der Waals surface area contributed by atoms with Crippen molar-refractivity contribution in [3.63, 3.8) is 0 Å². The number of fused-ring (bicyclic) bond motifs is 1. The molecule has 1 unspecified atom stereocenters. The van der Waals surface area contributed by atoms with Crippen LogP contribution < -0.4 is 9.21 Å². The predicted molar refractivity (Wildman–Crippen MR) is 103 cm³/mol. The van der Waals surface area contributed by atoms with Crippen molar-refractivity contribution in [3.05, 3.63) is 58.6 Å². The first kappa shape index (κ1) is 17.9. The number of anilines is 2. The van der Waals surface area contributed by atoms with Crippen molar-refractivity contribution in [2.24, 2.45) is 0 Å². The molecule has 0 radical (unpaired) electrons. The van der Waals surface area contributed by atoms with Gasteiger partial charge in [-0.1, -0.05) is 40.2 Å². The summed E-state index contributed by atoms with van der Waals surface area (Å²) in [6, 6.07) is 14.7. The Bertz CT molecular complexity index is 914. The Morgan fingerprint density at radius 3 is 2.64 bits per heavy atom. The Labute approximate surface area is 156 Å². The summed E-state index contributed by atoms with van der Waals surface area (Å²) in [5.41, 5.74) is 2.43. The Kier molecular flexibility index (Phi) is 4.88. The van der Waals surface area contributed by atoms with E-state index in [4.69, 9.17) is 0 Å². The molecule has 0 bridgehead atoms. The molecule has 0 N–H and O–H groups in total.